The molecule has 0 spiro atoms. The molecule has 24 heavy (non-hydrogen) atoms. The molecule has 0 unspecified atom stereocenters. The molecular weight excluding hydrogens is 328 g/mol. The molecule has 0 saturated heterocycles. The van der Waals surface area contributed by atoms with Gasteiger partial charge in [-0.3, -0.25) is 0 Å². The van der Waals surface area contributed by atoms with Crippen LogP contribution in [-0.2, 0) is 4.74 Å². The number of fused-ring (bicyclic) bond motifs is 1. The second-order valence-electron chi connectivity index (χ2n) is 4.88. The van der Waals surface area contributed by atoms with Gasteiger partial charge >= 0.3 is 5.97 Å². The third kappa shape index (κ3) is 3.09. The summed E-state index contributed by atoms with van der Waals surface area (Å²) in [6, 6.07) is 4.81. The number of carbonyl (C=O) groups is 1. The number of thiophene rings is 1. The smallest absolute Gasteiger partial charge is 0.340 e. The SMILES string of the molecule is CCOC(=O)c1cc(O)c2cc(C)sc2c1N=Nc1ccncn1. The van der Waals surface area contributed by atoms with Gasteiger partial charge in [0.1, 0.15) is 17.8 Å². The molecule has 1 N–H and O–H groups in total. The molecule has 0 aliphatic carbocycles. The van der Waals surface area contributed by atoms with Crippen LogP contribution in [0, 0.1) is 6.92 Å². The Kier molecular flexibility index (Phi) is 4.48. The minimum absolute atomic E-state index is 0.0124. The quantitative estimate of drug-likeness (QED) is 0.563. The average Bonchev–Trinajstić information content (AvgIpc) is 2.97. The number of benzene rings is 1. The van der Waals surface area contributed by atoms with Crippen molar-refractivity contribution in [2.24, 2.45) is 10.2 Å². The monoisotopic (exact) mass is 342 g/mol. The van der Waals surface area contributed by atoms with E-state index in [2.05, 4.69) is 20.2 Å². The summed E-state index contributed by atoms with van der Waals surface area (Å²) in [5, 5.41) is 19.1. The molecule has 0 aliphatic rings. The molecule has 0 amide bonds. The number of rotatable bonds is 4. The van der Waals surface area contributed by atoms with E-state index < -0.39 is 5.97 Å². The van der Waals surface area contributed by atoms with Gasteiger partial charge in [-0.1, -0.05) is 0 Å². The van der Waals surface area contributed by atoms with Crippen molar-refractivity contribution in [1.29, 1.82) is 0 Å². The van der Waals surface area contributed by atoms with E-state index in [9.17, 15) is 9.90 Å². The third-order valence-corrected chi connectivity index (χ3v) is 4.25. The summed E-state index contributed by atoms with van der Waals surface area (Å²) in [4.78, 5) is 21.0. The molecule has 0 saturated carbocycles. The molecule has 1 aromatic carbocycles. The first-order valence-corrected chi connectivity index (χ1v) is 8.02. The first-order valence-electron chi connectivity index (χ1n) is 7.21. The first-order chi connectivity index (χ1) is 11.6. The highest BCUT2D eigenvalue weighted by Gasteiger charge is 2.20. The lowest BCUT2D eigenvalue weighted by molar-refractivity contribution is 0.0527. The summed E-state index contributed by atoms with van der Waals surface area (Å²) in [5.41, 5.74) is 0.527. The number of aromatic nitrogens is 2. The van der Waals surface area contributed by atoms with E-state index in [1.54, 1.807) is 19.2 Å². The summed E-state index contributed by atoms with van der Waals surface area (Å²) >= 11 is 1.42. The van der Waals surface area contributed by atoms with E-state index in [4.69, 9.17) is 4.74 Å². The highest BCUT2D eigenvalue weighted by Crippen LogP contribution is 2.42. The van der Waals surface area contributed by atoms with Crippen molar-refractivity contribution in [3.05, 3.63) is 41.2 Å². The van der Waals surface area contributed by atoms with E-state index in [0.29, 0.717) is 21.6 Å². The van der Waals surface area contributed by atoms with E-state index in [1.165, 1.54) is 23.7 Å². The predicted molar refractivity (Wildman–Crippen MR) is 90.4 cm³/mol. The molecule has 3 rings (SSSR count). The Morgan fingerprint density at radius 1 is 1.38 bits per heavy atom. The van der Waals surface area contributed by atoms with Crippen LogP contribution in [-0.4, -0.2) is 27.7 Å². The van der Waals surface area contributed by atoms with Gasteiger partial charge in [0, 0.05) is 22.5 Å². The molecule has 7 nitrogen and oxygen atoms in total. The van der Waals surface area contributed by atoms with Crippen molar-refractivity contribution < 1.29 is 14.6 Å². The number of hydrogen-bond acceptors (Lipinski definition) is 8. The van der Waals surface area contributed by atoms with Gasteiger partial charge in [-0.25, -0.2) is 14.8 Å². The fourth-order valence-electron chi connectivity index (χ4n) is 2.19. The van der Waals surface area contributed by atoms with Crippen LogP contribution in [0.1, 0.15) is 22.2 Å². The Morgan fingerprint density at radius 3 is 2.92 bits per heavy atom. The molecule has 0 bridgehead atoms. The van der Waals surface area contributed by atoms with Crippen molar-refractivity contribution in [2.45, 2.75) is 13.8 Å². The summed E-state index contributed by atoms with van der Waals surface area (Å²) < 4.78 is 5.73. The first kappa shape index (κ1) is 16.0. The van der Waals surface area contributed by atoms with Gasteiger partial charge in [0.05, 0.1) is 16.9 Å². The van der Waals surface area contributed by atoms with Crippen LogP contribution in [0.5, 0.6) is 5.75 Å². The van der Waals surface area contributed by atoms with Crippen LogP contribution in [0.3, 0.4) is 0 Å². The number of hydrogen-bond donors (Lipinski definition) is 1. The van der Waals surface area contributed by atoms with E-state index in [-0.39, 0.29) is 17.9 Å². The van der Waals surface area contributed by atoms with Gasteiger partial charge in [0.25, 0.3) is 0 Å². The van der Waals surface area contributed by atoms with Crippen LogP contribution in [0.2, 0.25) is 0 Å². The highest BCUT2D eigenvalue weighted by molar-refractivity contribution is 7.19. The lowest BCUT2D eigenvalue weighted by atomic mass is 10.1. The van der Waals surface area contributed by atoms with Gasteiger partial charge in [0.2, 0.25) is 0 Å². The van der Waals surface area contributed by atoms with Crippen molar-refractivity contribution in [3.8, 4) is 5.75 Å². The summed E-state index contributed by atoms with van der Waals surface area (Å²) in [6.07, 6.45) is 2.91. The van der Waals surface area contributed by atoms with Crippen molar-refractivity contribution in [2.75, 3.05) is 6.61 Å². The molecule has 2 aromatic heterocycles. The number of aromatic hydroxyl groups is 1. The lowest BCUT2D eigenvalue weighted by Crippen LogP contribution is -2.04. The average molecular weight is 342 g/mol. The second kappa shape index (κ2) is 6.71. The van der Waals surface area contributed by atoms with E-state index in [1.807, 2.05) is 13.0 Å². The number of aryl methyl sites for hydroxylation is 1. The fourth-order valence-corrected chi connectivity index (χ4v) is 3.21. The number of carbonyl (C=O) groups excluding carboxylic acids is 1. The zero-order valence-corrected chi connectivity index (χ0v) is 13.9. The third-order valence-electron chi connectivity index (χ3n) is 3.20. The zero-order chi connectivity index (χ0) is 17.1. The maximum absolute atomic E-state index is 12.2. The van der Waals surface area contributed by atoms with Crippen molar-refractivity contribution >= 4 is 38.9 Å². The maximum atomic E-state index is 12.2. The fraction of sp³-hybridized carbons (Fsp3) is 0.188. The van der Waals surface area contributed by atoms with E-state index in [0.717, 1.165) is 4.88 Å². The van der Waals surface area contributed by atoms with Crippen molar-refractivity contribution in [1.82, 2.24) is 9.97 Å². The number of phenolic OH excluding ortho intramolecular Hbond substituents is 1. The molecule has 8 heteroatoms. The molecule has 0 radical (unpaired) electrons. The van der Waals surface area contributed by atoms with Gasteiger partial charge in [-0.15, -0.1) is 21.6 Å². The van der Waals surface area contributed by atoms with E-state index >= 15 is 0 Å². The Bertz CT molecular complexity index is 922. The maximum Gasteiger partial charge on any atom is 0.340 e. The summed E-state index contributed by atoms with van der Waals surface area (Å²) in [6.45, 7) is 3.86. The highest BCUT2D eigenvalue weighted by atomic mass is 32.1. The summed E-state index contributed by atoms with van der Waals surface area (Å²) in [7, 11) is 0. The minimum Gasteiger partial charge on any atom is -0.507 e. The number of azo groups is 1. The Hall–Kier alpha value is -2.87. The zero-order valence-electron chi connectivity index (χ0n) is 13.1. The molecule has 3 aromatic rings. The molecule has 0 atom stereocenters. The molecular formula is C16H14N4O3S. The molecule has 0 aliphatic heterocycles. The number of nitrogens with zero attached hydrogens (tertiary/aromatic N) is 4. The Morgan fingerprint density at radius 2 is 2.21 bits per heavy atom. The topological polar surface area (TPSA) is 97.0 Å². The van der Waals surface area contributed by atoms with Gasteiger partial charge in [0.15, 0.2) is 5.82 Å². The van der Waals surface area contributed by atoms with Crippen LogP contribution in [0.4, 0.5) is 11.5 Å². The normalized spacial score (nSPS) is 11.2. The number of esters is 1. The van der Waals surface area contributed by atoms with Gasteiger partial charge < -0.3 is 9.84 Å². The Labute approximate surface area is 141 Å². The Balaban J connectivity index is 2.18. The largest absolute Gasteiger partial charge is 0.507 e. The summed E-state index contributed by atoms with van der Waals surface area (Å²) in [5.74, 6) is -0.176. The molecule has 2 heterocycles. The second-order valence-corrected chi connectivity index (χ2v) is 6.14. The lowest BCUT2D eigenvalue weighted by Gasteiger charge is -2.07. The van der Waals surface area contributed by atoms with Crippen molar-refractivity contribution in [3.63, 3.8) is 0 Å². The standard InChI is InChI=1S/C16H14N4O3S/c1-3-23-16(22)11-7-12(21)10-6-9(2)24-15(10)14(11)20-19-13-4-5-17-8-18-13/h4-8,21H,3H2,1-2H3. The van der Waals surface area contributed by atoms with Crippen LogP contribution in [0.15, 0.2) is 41.0 Å². The number of phenols is 1. The molecule has 122 valence electrons. The molecule has 0 fully saturated rings. The van der Waals surface area contributed by atoms with Crippen LogP contribution >= 0.6 is 11.3 Å². The van der Waals surface area contributed by atoms with Gasteiger partial charge in [-0.2, -0.15) is 0 Å². The van der Waals surface area contributed by atoms with Crippen LogP contribution in [0.25, 0.3) is 10.1 Å². The minimum atomic E-state index is -0.558. The number of ether oxygens (including phenoxy) is 1. The van der Waals surface area contributed by atoms with Crippen LogP contribution < -0.4 is 0 Å². The van der Waals surface area contributed by atoms with Gasteiger partial charge in [-0.05, 0) is 26.0 Å². The predicted octanol–water partition coefficient (Wildman–Crippen LogP) is 4.30.